The first-order chi connectivity index (χ1) is 16.3. The number of aliphatic hydroxyl groups is 1. The average Bonchev–Trinajstić information content (AvgIpc) is 3.21. The minimum absolute atomic E-state index is 0.0606. The van der Waals surface area contributed by atoms with E-state index >= 15 is 0 Å². The lowest BCUT2D eigenvalue weighted by atomic mass is 9.83. The van der Waals surface area contributed by atoms with Crippen LogP contribution in [0.1, 0.15) is 39.5 Å². The first-order valence-electron chi connectivity index (χ1n) is 10.5. The van der Waals surface area contributed by atoms with Crippen molar-refractivity contribution in [2.45, 2.75) is 19.3 Å². The molecule has 1 atom stereocenters. The molecule has 9 nitrogen and oxygen atoms in total. The van der Waals surface area contributed by atoms with Crippen molar-refractivity contribution in [1.82, 2.24) is 9.97 Å². The number of nitriles is 2. The predicted molar refractivity (Wildman–Crippen MR) is 126 cm³/mol. The Morgan fingerprint density at radius 2 is 2.09 bits per heavy atom. The van der Waals surface area contributed by atoms with E-state index in [9.17, 15) is 20.4 Å². The van der Waals surface area contributed by atoms with Gasteiger partial charge in [0.1, 0.15) is 6.07 Å². The van der Waals surface area contributed by atoms with Gasteiger partial charge in [-0.2, -0.15) is 10.5 Å². The number of hydrogen-bond donors (Lipinski definition) is 3. The fourth-order valence-electron chi connectivity index (χ4n) is 4.00. The van der Waals surface area contributed by atoms with Gasteiger partial charge in [-0.3, -0.25) is 0 Å². The SMILES string of the molecule is COC(=O)c1cc(C#N)cc(Nc2nccc(-c3cc(C#N)c4c(c3)[C@@](C)(CO)CN4)n2)c1C. The number of aromatic nitrogens is 2. The zero-order chi connectivity index (χ0) is 24.5. The quantitative estimate of drug-likeness (QED) is 0.494. The van der Waals surface area contributed by atoms with Gasteiger partial charge < -0.3 is 20.5 Å². The van der Waals surface area contributed by atoms with E-state index in [0.717, 1.165) is 11.3 Å². The highest BCUT2D eigenvalue weighted by atomic mass is 16.5. The number of anilines is 3. The molecule has 170 valence electrons. The molecular formula is C25H22N6O3. The van der Waals surface area contributed by atoms with Gasteiger partial charge in [0.05, 0.1) is 47.9 Å². The summed E-state index contributed by atoms with van der Waals surface area (Å²) in [4.78, 5) is 21.0. The van der Waals surface area contributed by atoms with Crippen molar-refractivity contribution < 1.29 is 14.6 Å². The van der Waals surface area contributed by atoms with E-state index in [-0.39, 0.29) is 23.7 Å². The van der Waals surface area contributed by atoms with E-state index < -0.39 is 11.4 Å². The van der Waals surface area contributed by atoms with Gasteiger partial charge in [-0.25, -0.2) is 14.8 Å². The maximum Gasteiger partial charge on any atom is 0.338 e. The molecule has 0 saturated heterocycles. The van der Waals surface area contributed by atoms with Crippen LogP contribution in [0.5, 0.6) is 0 Å². The number of methoxy groups -OCH3 is 1. The van der Waals surface area contributed by atoms with Crippen molar-refractivity contribution in [1.29, 1.82) is 10.5 Å². The number of aliphatic hydroxyl groups excluding tert-OH is 1. The van der Waals surface area contributed by atoms with Crippen molar-refractivity contribution in [2.75, 3.05) is 30.9 Å². The van der Waals surface area contributed by atoms with Crippen LogP contribution in [0.2, 0.25) is 0 Å². The molecule has 3 aromatic rings. The van der Waals surface area contributed by atoms with E-state index in [4.69, 9.17) is 4.74 Å². The third-order valence-electron chi connectivity index (χ3n) is 6.05. The Labute approximate surface area is 196 Å². The van der Waals surface area contributed by atoms with Gasteiger partial charge in [0, 0.05) is 29.4 Å². The molecule has 0 amide bonds. The van der Waals surface area contributed by atoms with Crippen LogP contribution < -0.4 is 10.6 Å². The van der Waals surface area contributed by atoms with Gasteiger partial charge in [0.25, 0.3) is 0 Å². The molecule has 2 heterocycles. The topological polar surface area (TPSA) is 144 Å². The summed E-state index contributed by atoms with van der Waals surface area (Å²) in [5.74, 6) is -0.288. The van der Waals surface area contributed by atoms with Gasteiger partial charge in [-0.15, -0.1) is 0 Å². The standard InChI is InChI=1S/C25H22N6O3/c1-14-18(23(33)34-3)6-15(10-26)7-21(14)31-24-28-5-4-20(30-24)16-8-17(11-27)22-19(9-16)25(2,13-32)12-29-22/h4-9,29,32H,12-13H2,1-3H3,(H,28,30,31)/t25-/m1/s1. The van der Waals surface area contributed by atoms with Gasteiger partial charge in [-0.1, -0.05) is 6.92 Å². The molecule has 9 heteroatoms. The van der Waals surface area contributed by atoms with E-state index in [1.54, 1.807) is 31.3 Å². The second-order valence-electron chi connectivity index (χ2n) is 8.32. The number of ether oxygens (including phenoxy) is 1. The molecule has 34 heavy (non-hydrogen) atoms. The first kappa shape index (κ1) is 22.7. The van der Waals surface area contributed by atoms with Gasteiger partial charge >= 0.3 is 5.97 Å². The summed E-state index contributed by atoms with van der Waals surface area (Å²) in [6.45, 7) is 4.15. The number of carbonyl (C=O) groups is 1. The number of nitrogens with one attached hydrogen (secondary N) is 2. The van der Waals surface area contributed by atoms with Crippen LogP contribution in [-0.2, 0) is 10.2 Å². The summed E-state index contributed by atoms with van der Waals surface area (Å²) in [7, 11) is 1.28. The maximum absolute atomic E-state index is 12.1. The molecule has 3 N–H and O–H groups in total. The van der Waals surface area contributed by atoms with Crippen molar-refractivity contribution in [3.8, 4) is 23.4 Å². The molecule has 4 rings (SSSR count). The Bertz CT molecular complexity index is 1390. The Morgan fingerprint density at radius 1 is 1.29 bits per heavy atom. The van der Waals surface area contributed by atoms with Crippen molar-refractivity contribution in [3.05, 3.63) is 64.3 Å². The third kappa shape index (κ3) is 3.90. The highest BCUT2D eigenvalue weighted by Gasteiger charge is 2.36. The molecule has 0 saturated carbocycles. The molecule has 0 radical (unpaired) electrons. The van der Waals surface area contributed by atoms with E-state index in [1.807, 2.05) is 19.1 Å². The number of rotatable bonds is 5. The Kier molecular flexibility index (Phi) is 5.89. The smallest absolute Gasteiger partial charge is 0.338 e. The minimum Gasteiger partial charge on any atom is -0.465 e. The molecule has 0 spiro atoms. The Morgan fingerprint density at radius 3 is 2.76 bits per heavy atom. The molecular weight excluding hydrogens is 432 g/mol. The van der Waals surface area contributed by atoms with Crippen molar-refractivity contribution in [2.24, 2.45) is 0 Å². The number of fused-ring (bicyclic) bond motifs is 1. The van der Waals surface area contributed by atoms with Crippen LogP contribution in [-0.4, -0.2) is 41.3 Å². The summed E-state index contributed by atoms with van der Waals surface area (Å²) in [5, 5.41) is 35.3. The highest BCUT2D eigenvalue weighted by molar-refractivity contribution is 5.93. The van der Waals surface area contributed by atoms with Crippen molar-refractivity contribution >= 4 is 23.3 Å². The molecule has 0 fully saturated rings. The maximum atomic E-state index is 12.1. The van der Waals surface area contributed by atoms with Crippen molar-refractivity contribution in [3.63, 3.8) is 0 Å². The summed E-state index contributed by atoms with van der Waals surface area (Å²) >= 11 is 0. The van der Waals surface area contributed by atoms with Crippen LogP contribution in [0, 0.1) is 29.6 Å². The fraction of sp³-hybridized carbons (Fsp3) is 0.240. The lowest BCUT2D eigenvalue weighted by Crippen LogP contribution is -2.28. The van der Waals surface area contributed by atoms with Crippen LogP contribution in [0.4, 0.5) is 17.3 Å². The van der Waals surface area contributed by atoms with Crippen LogP contribution >= 0.6 is 0 Å². The molecule has 0 bridgehead atoms. The number of hydrogen-bond acceptors (Lipinski definition) is 9. The fourth-order valence-corrected chi connectivity index (χ4v) is 4.00. The second-order valence-corrected chi connectivity index (χ2v) is 8.32. The zero-order valence-electron chi connectivity index (χ0n) is 18.9. The minimum atomic E-state index is -0.546. The van der Waals surface area contributed by atoms with E-state index in [0.29, 0.717) is 34.6 Å². The zero-order valence-corrected chi connectivity index (χ0v) is 18.9. The normalized spacial score (nSPS) is 16.1. The number of esters is 1. The highest BCUT2D eigenvalue weighted by Crippen LogP contribution is 2.41. The third-order valence-corrected chi connectivity index (χ3v) is 6.05. The van der Waals surface area contributed by atoms with Gasteiger partial charge in [0.2, 0.25) is 5.95 Å². The summed E-state index contributed by atoms with van der Waals surface area (Å²) in [6.07, 6.45) is 1.58. The van der Waals surface area contributed by atoms with Gasteiger partial charge in [0.15, 0.2) is 0 Å². The van der Waals surface area contributed by atoms with Gasteiger partial charge in [-0.05, 0) is 48.4 Å². The summed E-state index contributed by atoms with van der Waals surface area (Å²) < 4.78 is 4.83. The first-order valence-corrected chi connectivity index (χ1v) is 10.5. The van der Waals surface area contributed by atoms with Crippen LogP contribution in [0.15, 0.2) is 36.5 Å². The predicted octanol–water partition coefficient (Wildman–Crippen LogP) is 3.40. The molecule has 2 aromatic carbocycles. The monoisotopic (exact) mass is 454 g/mol. The average molecular weight is 454 g/mol. The van der Waals surface area contributed by atoms with E-state index in [1.165, 1.54) is 13.2 Å². The lowest BCUT2D eigenvalue weighted by Gasteiger charge is -2.21. The lowest BCUT2D eigenvalue weighted by molar-refractivity contribution is 0.0600. The van der Waals surface area contributed by atoms with E-state index in [2.05, 4.69) is 26.7 Å². The van der Waals surface area contributed by atoms with Crippen LogP contribution in [0.3, 0.4) is 0 Å². The summed E-state index contributed by atoms with van der Waals surface area (Å²) in [6, 6.07) is 12.7. The Balaban J connectivity index is 1.76. The Hall–Kier alpha value is -4.47. The molecule has 1 aliphatic rings. The molecule has 1 aromatic heterocycles. The van der Waals surface area contributed by atoms with Crippen LogP contribution in [0.25, 0.3) is 11.3 Å². The summed E-state index contributed by atoms with van der Waals surface area (Å²) in [5.41, 5.74) is 4.49. The number of nitrogens with zero attached hydrogens (tertiary/aromatic N) is 4. The largest absolute Gasteiger partial charge is 0.465 e. The second kappa shape index (κ2) is 8.81. The number of benzene rings is 2. The number of carbonyl (C=O) groups excluding carboxylic acids is 1. The molecule has 0 aliphatic carbocycles. The molecule has 1 aliphatic heterocycles. The molecule has 0 unspecified atom stereocenters.